The predicted molar refractivity (Wildman–Crippen MR) is 118 cm³/mol. The van der Waals surface area contributed by atoms with E-state index in [4.69, 9.17) is 9.47 Å². The summed E-state index contributed by atoms with van der Waals surface area (Å²) in [5.74, 6) is -2.47. The highest BCUT2D eigenvalue weighted by Crippen LogP contribution is 2.43. The van der Waals surface area contributed by atoms with Gasteiger partial charge in [-0.3, -0.25) is 25.2 Å². The average molecular weight is 470 g/mol. The molecule has 2 rings (SSSR count). The van der Waals surface area contributed by atoms with Crippen molar-refractivity contribution in [2.45, 2.75) is 52.7 Å². The summed E-state index contributed by atoms with van der Waals surface area (Å²) in [7, 11) is 0. The average Bonchev–Trinajstić information content (AvgIpc) is 2.69. The molecule has 0 aliphatic rings. The molecule has 0 saturated heterocycles. The van der Waals surface area contributed by atoms with Gasteiger partial charge in [0.1, 0.15) is 17.3 Å². The maximum absolute atomic E-state index is 13.0. The maximum Gasteiger partial charge on any atom is 0.362 e. The first kappa shape index (κ1) is 25.9. The van der Waals surface area contributed by atoms with Gasteiger partial charge in [0.15, 0.2) is 5.56 Å². The van der Waals surface area contributed by atoms with E-state index in [1.54, 1.807) is 6.07 Å². The molecule has 0 bridgehead atoms. The lowest BCUT2D eigenvalue weighted by atomic mass is 9.95. The Hall–Kier alpha value is -4.40. The smallest absolute Gasteiger partial charge is 0.362 e. The minimum absolute atomic E-state index is 0.139. The SMILES string of the molecule is CC(C)(C)OC(=O)c1cc(-c2ncccc2C#N)c([N+](=O)[O-])c([N+](=O)[O-])c1C(=O)OC(C)(C)C. The number of benzene rings is 1. The van der Waals surface area contributed by atoms with Gasteiger partial charge in [-0.1, -0.05) is 0 Å². The van der Waals surface area contributed by atoms with E-state index in [1.165, 1.54) is 59.9 Å². The molecule has 0 aliphatic heterocycles. The summed E-state index contributed by atoms with van der Waals surface area (Å²) < 4.78 is 10.5. The monoisotopic (exact) mass is 470 g/mol. The fourth-order valence-corrected chi connectivity index (χ4v) is 2.94. The van der Waals surface area contributed by atoms with Gasteiger partial charge in [0, 0.05) is 6.20 Å². The first-order valence-electron chi connectivity index (χ1n) is 9.89. The van der Waals surface area contributed by atoms with Crippen molar-refractivity contribution in [2.24, 2.45) is 0 Å². The van der Waals surface area contributed by atoms with Crippen LogP contribution in [-0.4, -0.2) is 38.0 Å². The van der Waals surface area contributed by atoms with Crippen molar-refractivity contribution in [1.29, 1.82) is 5.26 Å². The molecular weight excluding hydrogens is 448 g/mol. The van der Waals surface area contributed by atoms with E-state index < -0.39 is 61.1 Å². The third-order valence-corrected chi connectivity index (χ3v) is 4.04. The third kappa shape index (κ3) is 5.69. The number of hydrogen-bond donors (Lipinski definition) is 0. The summed E-state index contributed by atoms with van der Waals surface area (Å²) in [5, 5.41) is 33.5. The summed E-state index contributed by atoms with van der Waals surface area (Å²) >= 11 is 0. The molecule has 0 amide bonds. The normalized spacial score (nSPS) is 11.3. The lowest BCUT2D eigenvalue weighted by Crippen LogP contribution is -2.29. The number of nitro benzene ring substituents is 2. The number of nitro groups is 2. The lowest BCUT2D eigenvalue weighted by Gasteiger charge is -2.23. The Morgan fingerprint density at radius 3 is 1.97 bits per heavy atom. The van der Waals surface area contributed by atoms with Crippen LogP contribution in [0.4, 0.5) is 11.4 Å². The van der Waals surface area contributed by atoms with E-state index in [1.807, 2.05) is 0 Å². The zero-order chi connectivity index (χ0) is 26.0. The molecule has 12 heteroatoms. The highest BCUT2D eigenvalue weighted by molar-refractivity contribution is 6.09. The van der Waals surface area contributed by atoms with Gasteiger partial charge in [-0.05, 0) is 59.7 Å². The van der Waals surface area contributed by atoms with Gasteiger partial charge in [0.2, 0.25) is 0 Å². The molecule has 0 N–H and O–H groups in total. The van der Waals surface area contributed by atoms with E-state index in [0.717, 1.165) is 6.07 Å². The van der Waals surface area contributed by atoms with Gasteiger partial charge < -0.3 is 9.47 Å². The van der Waals surface area contributed by atoms with Crippen LogP contribution in [0.3, 0.4) is 0 Å². The second-order valence-electron chi connectivity index (χ2n) is 9.07. The second kappa shape index (κ2) is 9.22. The highest BCUT2D eigenvalue weighted by Gasteiger charge is 2.43. The van der Waals surface area contributed by atoms with Crippen LogP contribution in [0.2, 0.25) is 0 Å². The number of nitrogens with zero attached hydrogens (tertiary/aromatic N) is 4. The van der Waals surface area contributed by atoms with Crippen LogP contribution < -0.4 is 0 Å². The van der Waals surface area contributed by atoms with Crippen LogP contribution in [-0.2, 0) is 9.47 Å². The van der Waals surface area contributed by atoms with Crippen molar-refractivity contribution in [2.75, 3.05) is 0 Å². The summed E-state index contributed by atoms with van der Waals surface area (Å²) in [6.07, 6.45) is 1.22. The number of carbonyl (C=O) groups excluding carboxylic acids is 2. The number of aromatic nitrogens is 1. The molecule has 12 nitrogen and oxygen atoms in total. The van der Waals surface area contributed by atoms with E-state index >= 15 is 0 Å². The fourth-order valence-electron chi connectivity index (χ4n) is 2.94. The van der Waals surface area contributed by atoms with Gasteiger partial charge in [0.25, 0.3) is 0 Å². The molecule has 1 aromatic carbocycles. The Bertz CT molecular complexity index is 1230. The molecule has 2 aromatic rings. The molecule has 0 unspecified atom stereocenters. The Balaban J connectivity index is 3.10. The lowest BCUT2D eigenvalue weighted by molar-refractivity contribution is -0.422. The molecule has 0 aliphatic carbocycles. The van der Waals surface area contributed by atoms with Crippen molar-refractivity contribution in [1.82, 2.24) is 4.98 Å². The quantitative estimate of drug-likeness (QED) is 0.347. The van der Waals surface area contributed by atoms with E-state index in [-0.39, 0.29) is 11.3 Å². The molecular formula is C22H22N4O8. The van der Waals surface area contributed by atoms with Gasteiger partial charge in [-0.2, -0.15) is 5.26 Å². The largest absolute Gasteiger partial charge is 0.456 e. The highest BCUT2D eigenvalue weighted by atomic mass is 16.6. The second-order valence-corrected chi connectivity index (χ2v) is 9.07. The zero-order valence-corrected chi connectivity index (χ0v) is 19.4. The molecule has 1 aromatic heterocycles. The summed E-state index contributed by atoms with van der Waals surface area (Å²) in [6, 6.07) is 5.39. The van der Waals surface area contributed by atoms with Crippen LogP contribution in [0, 0.1) is 31.6 Å². The van der Waals surface area contributed by atoms with Crippen molar-refractivity contribution in [3.63, 3.8) is 0 Å². The van der Waals surface area contributed by atoms with E-state index in [9.17, 15) is 35.1 Å². The van der Waals surface area contributed by atoms with Crippen LogP contribution in [0.5, 0.6) is 0 Å². The van der Waals surface area contributed by atoms with Gasteiger partial charge >= 0.3 is 23.3 Å². The minimum Gasteiger partial charge on any atom is -0.456 e. The van der Waals surface area contributed by atoms with Gasteiger partial charge in [-0.15, -0.1) is 0 Å². The third-order valence-electron chi connectivity index (χ3n) is 4.04. The Morgan fingerprint density at radius 2 is 1.50 bits per heavy atom. The first-order chi connectivity index (χ1) is 15.6. The first-order valence-corrected chi connectivity index (χ1v) is 9.89. The predicted octanol–water partition coefficient (Wildman–Crippen LogP) is 4.35. The summed E-state index contributed by atoms with van der Waals surface area (Å²) in [6.45, 7) is 9.06. The van der Waals surface area contributed by atoms with Crippen molar-refractivity contribution in [3.05, 3.63) is 61.3 Å². The zero-order valence-electron chi connectivity index (χ0n) is 19.4. The Kier molecular flexibility index (Phi) is 7.01. The molecule has 0 saturated carbocycles. The van der Waals surface area contributed by atoms with Gasteiger partial charge in [0.05, 0.1) is 32.2 Å². The number of hydrogen-bond acceptors (Lipinski definition) is 10. The van der Waals surface area contributed by atoms with Crippen LogP contribution in [0.15, 0.2) is 24.4 Å². The molecule has 0 atom stereocenters. The molecule has 1 heterocycles. The standard InChI is InChI=1S/C22H22N4O8/c1-21(2,3)33-19(27)13-10-14(16-12(11-23)8-7-9-24-16)17(25(29)30)18(26(31)32)15(13)20(28)34-22(4,5)6/h7-10H,1-6H3. The molecule has 0 fully saturated rings. The van der Waals surface area contributed by atoms with Crippen LogP contribution in [0.1, 0.15) is 67.8 Å². The topological polar surface area (TPSA) is 176 Å². The number of esters is 2. The van der Waals surface area contributed by atoms with Crippen molar-refractivity contribution in [3.8, 4) is 17.3 Å². The number of nitriles is 1. The van der Waals surface area contributed by atoms with Gasteiger partial charge in [-0.25, -0.2) is 9.59 Å². The molecule has 0 radical (unpaired) electrons. The maximum atomic E-state index is 13.0. The number of ether oxygens (including phenoxy) is 2. The summed E-state index contributed by atoms with van der Waals surface area (Å²) in [4.78, 5) is 51.8. The van der Waals surface area contributed by atoms with Crippen LogP contribution >= 0.6 is 0 Å². The molecule has 34 heavy (non-hydrogen) atoms. The van der Waals surface area contributed by atoms with Crippen molar-refractivity contribution < 1.29 is 28.9 Å². The van der Waals surface area contributed by atoms with Crippen molar-refractivity contribution >= 4 is 23.3 Å². The van der Waals surface area contributed by atoms with E-state index in [2.05, 4.69) is 4.98 Å². The Morgan fingerprint density at radius 1 is 0.971 bits per heavy atom. The summed E-state index contributed by atoms with van der Waals surface area (Å²) in [5.41, 5.74) is -7.08. The molecule has 178 valence electrons. The van der Waals surface area contributed by atoms with Crippen LogP contribution in [0.25, 0.3) is 11.3 Å². The number of carbonyl (C=O) groups is 2. The molecule has 0 spiro atoms. The number of pyridine rings is 1. The fraction of sp³-hybridized carbons (Fsp3) is 0.364. The minimum atomic E-state index is -1.32. The Labute approximate surface area is 194 Å². The number of rotatable bonds is 5. The van der Waals surface area contributed by atoms with E-state index in [0.29, 0.717) is 0 Å².